The number of hydrogen-bond acceptors (Lipinski definition) is 6. The lowest BCUT2D eigenvalue weighted by Crippen LogP contribution is -2.30. The number of rotatable bonds is 54. The van der Waals surface area contributed by atoms with Gasteiger partial charge >= 0.3 is 17.9 Å². The number of unbranched alkanes of at least 4 members (excludes halogenated alkanes) is 39. The lowest BCUT2D eigenvalue weighted by molar-refractivity contribution is -0.167. The van der Waals surface area contributed by atoms with E-state index in [9.17, 15) is 14.4 Å². The monoisotopic (exact) mass is 929 g/mol. The molecule has 0 heterocycles. The molecule has 388 valence electrons. The van der Waals surface area contributed by atoms with E-state index in [1.807, 2.05) is 0 Å². The molecule has 0 rings (SSSR count). The molecule has 0 aliphatic rings. The SMILES string of the molecule is CCCCC/C=C\CCCCCCCC(=O)OC(COC(=O)CCCCCCC)COC(=O)CCCCCCCCCCCCCCCCCCCCC/C=C\CCCCCCCCCC. The van der Waals surface area contributed by atoms with Crippen molar-refractivity contribution < 1.29 is 28.6 Å². The van der Waals surface area contributed by atoms with Crippen LogP contribution in [-0.4, -0.2) is 37.2 Å². The van der Waals surface area contributed by atoms with Crippen LogP contribution in [0.4, 0.5) is 0 Å². The van der Waals surface area contributed by atoms with Crippen molar-refractivity contribution in [2.24, 2.45) is 0 Å². The lowest BCUT2D eigenvalue weighted by Gasteiger charge is -2.18. The van der Waals surface area contributed by atoms with Crippen LogP contribution < -0.4 is 0 Å². The minimum absolute atomic E-state index is 0.0711. The zero-order valence-electron chi connectivity index (χ0n) is 44.5. The Bertz CT molecular complexity index is 1070. The number of hydrogen-bond donors (Lipinski definition) is 0. The summed E-state index contributed by atoms with van der Waals surface area (Å²) in [6.45, 7) is 6.56. The highest BCUT2D eigenvalue weighted by Gasteiger charge is 2.19. The van der Waals surface area contributed by atoms with Crippen LogP contribution in [0.3, 0.4) is 0 Å². The largest absolute Gasteiger partial charge is 0.462 e. The summed E-state index contributed by atoms with van der Waals surface area (Å²) in [6, 6.07) is 0. The summed E-state index contributed by atoms with van der Waals surface area (Å²) >= 11 is 0. The molecule has 1 atom stereocenters. The van der Waals surface area contributed by atoms with Crippen LogP contribution >= 0.6 is 0 Å². The van der Waals surface area contributed by atoms with Gasteiger partial charge < -0.3 is 14.2 Å². The van der Waals surface area contributed by atoms with Crippen molar-refractivity contribution in [3.8, 4) is 0 Å². The Morgan fingerprint density at radius 2 is 0.500 bits per heavy atom. The predicted molar refractivity (Wildman–Crippen MR) is 284 cm³/mol. The van der Waals surface area contributed by atoms with Gasteiger partial charge in [-0.1, -0.05) is 257 Å². The molecule has 0 aromatic carbocycles. The van der Waals surface area contributed by atoms with Gasteiger partial charge in [-0.05, 0) is 70.6 Å². The summed E-state index contributed by atoms with van der Waals surface area (Å²) in [5.74, 6) is -0.881. The first-order valence-electron chi connectivity index (χ1n) is 29.3. The number of carbonyl (C=O) groups excluding carboxylic acids is 3. The predicted octanol–water partition coefficient (Wildman–Crippen LogP) is 19.5. The molecule has 0 spiro atoms. The van der Waals surface area contributed by atoms with Gasteiger partial charge in [0.05, 0.1) is 0 Å². The molecule has 0 aliphatic carbocycles. The van der Waals surface area contributed by atoms with Crippen LogP contribution in [0.15, 0.2) is 24.3 Å². The Labute approximate surface area is 411 Å². The van der Waals surface area contributed by atoms with Gasteiger partial charge in [-0.25, -0.2) is 0 Å². The summed E-state index contributed by atoms with van der Waals surface area (Å²) in [6.07, 6.45) is 65.3. The zero-order chi connectivity index (χ0) is 47.9. The highest BCUT2D eigenvalue weighted by molar-refractivity contribution is 5.71. The molecule has 0 aromatic heterocycles. The molecule has 6 heteroatoms. The third-order valence-corrected chi connectivity index (χ3v) is 13.2. The van der Waals surface area contributed by atoms with E-state index in [2.05, 4.69) is 45.1 Å². The Morgan fingerprint density at radius 1 is 0.288 bits per heavy atom. The minimum atomic E-state index is -0.767. The van der Waals surface area contributed by atoms with E-state index in [0.717, 1.165) is 70.6 Å². The molecule has 0 aliphatic heterocycles. The standard InChI is InChI=1S/C60H112O6/c1-4-7-10-13-15-17-19-21-22-23-24-25-26-27-28-29-30-31-32-33-34-35-36-37-38-39-41-42-44-47-50-53-59(62)65-56-57(55-64-58(61)52-49-46-12-9-6-3)66-60(63)54-51-48-45-43-40-20-18-16-14-11-8-5-2/h16,18,23-24,57H,4-15,17,19-22,25-56H2,1-3H3/b18-16-,24-23-. The second-order valence-electron chi connectivity index (χ2n) is 19.9. The molecular weight excluding hydrogens is 817 g/mol. The van der Waals surface area contributed by atoms with Crippen molar-refractivity contribution in [2.45, 2.75) is 329 Å². The smallest absolute Gasteiger partial charge is 0.306 e. The van der Waals surface area contributed by atoms with Gasteiger partial charge in [0.1, 0.15) is 13.2 Å². The van der Waals surface area contributed by atoms with Crippen molar-refractivity contribution in [3.05, 3.63) is 24.3 Å². The Morgan fingerprint density at radius 3 is 0.788 bits per heavy atom. The quantitative estimate of drug-likeness (QED) is 0.0262. The Balaban J connectivity index is 3.87. The number of esters is 3. The molecule has 66 heavy (non-hydrogen) atoms. The van der Waals surface area contributed by atoms with E-state index >= 15 is 0 Å². The molecule has 0 saturated heterocycles. The van der Waals surface area contributed by atoms with Crippen LogP contribution in [0.1, 0.15) is 323 Å². The van der Waals surface area contributed by atoms with Gasteiger partial charge in [0.25, 0.3) is 0 Å². The fourth-order valence-electron chi connectivity index (χ4n) is 8.73. The average molecular weight is 930 g/mol. The summed E-state index contributed by atoms with van der Waals surface area (Å²) in [7, 11) is 0. The zero-order valence-corrected chi connectivity index (χ0v) is 44.5. The van der Waals surface area contributed by atoms with Gasteiger partial charge in [0, 0.05) is 19.3 Å². The molecule has 0 bridgehead atoms. The molecule has 0 saturated carbocycles. The van der Waals surface area contributed by atoms with Crippen LogP contribution in [0.2, 0.25) is 0 Å². The number of carbonyl (C=O) groups is 3. The van der Waals surface area contributed by atoms with E-state index in [0.29, 0.717) is 19.3 Å². The van der Waals surface area contributed by atoms with Crippen LogP contribution in [0, 0.1) is 0 Å². The van der Waals surface area contributed by atoms with Crippen LogP contribution in [-0.2, 0) is 28.6 Å². The molecule has 0 fully saturated rings. The highest BCUT2D eigenvalue weighted by atomic mass is 16.6. The summed E-state index contributed by atoms with van der Waals surface area (Å²) < 4.78 is 16.7. The van der Waals surface area contributed by atoms with Crippen LogP contribution in [0.25, 0.3) is 0 Å². The second-order valence-corrected chi connectivity index (χ2v) is 19.9. The van der Waals surface area contributed by atoms with Crippen LogP contribution in [0.5, 0.6) is 0 Å². The summed E-state index contributed by atoms with van der Waals surface area (Å²) in [5.41, 5.74) is 0. The Hall–Kier alpha value is -2.11. The van der Waals surface area contributed by atoms with Gasteiger partial charge in [-0.3, -0.25) is 14.4 Å². The van der Waals surface area contributed by atoms with Crippen molar-refractivity contribution in [3.63, 3.8) is 0 Å². The number of allylic oxidation sites excluding steroid dienone is 4. The van der Waals surface area contributed by atoms with E-state index in [1.165, 1.54) is 212 Å². The summed E-state index contributed by atoms with van der Waals surface area (Å²) in [4.78, 5) is 37.7. The third-order valence-electron chi connectivity index (χ3n) is 13.2. The van der Waals surface area contributed by atoms with Crippen molar-refractivity contribution in [1.29, 1.82) is 0 Å². The normalized spacial score (nSPS) is 12.1. The van der Waals surface area contributed by atoms with Gasteiger partial charge in [0.2, 0.25) is 0 Å². The van der Waals surface area contributed by atoms with E-state index < -0.39 is 6.10 Å². The molecule has 0 radical (unpaired) electrons. The molecule has 1 unspecified atom stereocenters. The van der Waals surface area contributed by atoms with Gasteiger partial charge in [-0.15, -0.1) is 0 Å². The lowest BCUT2D eigenvalue weighted by atomic mass is 10.0. The molecule has 6 nitrogen and oxygen atoms in total. The molecule has 0 aromatic rings. The first kappa shape index (κ1) is 63.9. The molecule has 0 amide bonds. The topological polar surface area (TPSA) is 78.9 Å². The first-order valence-corrected chi connectivity index (χ1v) is 29.3. The highest BCUT2D eigenvalue weighted by Crippen LogP contribution is 2.17. The van der Waals surface area contributed by atoms with Crippen molar-refractivity contribution >= 4 is 17.9 Å². The van der Waals surface area contributed by atoms with Gasteiger partial charge in [0.15, 0.2) is 6.10 Å². The minimum Gasteiger partial charge on any atom is -0.462 e. The Kier molecular flexibility index (Phi) is 53.7. The fraction of sp³-hybridized carbons (Fsp3) is 0.883. The molecule has 0 N–H and O–H groups in total. The van der Waals surface area contributed by atoms with E-state index in [1.54, 1.807) is 0 Å². The van der Waals surface area contributed by atoms with E-state index in [4.69, 9.17) is 14.2 Å². The molecular formula is C60H112O6. The third kappa shape index (κ3) is 52.9. The van der Waals surface area contributed by atoms with E-state index in [-0.39, 0.29) is 31.1 Å². The summed E-state index contributed by atoms with van der Waals surface area (Å²) in [5, 5.41) is 0. The first-order chi connectivity index (χ1) is 32.5. The van der Waals surface area contributed by atoms with Crippen molar-refractivity contribution in [1.82, 2.24) is 0 Å². The maximum Gasteiger partial charge on any atom is 0.306 e. The van der Waals surface area contributed by atoms with Crippen molar-refractivity contribution in [2.75, 3.05) is 13.2 Å². The maximum absolute atomic E-state index is 12.7. The second kappa shape index (κ2) is 55.5. The fourth-order valence-corrected chi connectivity index (χ4v) is 8.73. The number of ether oxygens (including phenoxy) is 3. The maximum atomic E-state index is 12.7. The average Bonchev–Trinajstić information content (AvgIpc) is 3.31. The van der Waals surface area contributed by atoms with Gasteiger partial charge in [-0.2, -0.15) is 0 Å².